The lowest BCUT2D eigenvalue weighted by Crippen LogP contribution is -2.39. The van der Waals surface area contributed by atoms with E-state index in [9.17, 15) is 18.0 Å². The Balaban J connectivity index is 2.20. The molecule has 1 aliphatic heterocycles. The second kappa shape index (κ2) is 6.03. The molecule has 1 atom stereocenters. The van der Waals surface area contributed by atoms with E-state index in [-0.39, 0.29) is 28.4 Å². The smallest absolute Gasteiger partial charge is 0.337 e. The molecule has 8 heteroatoms. The molecule has 0 bridgehead atoms. The third kappa shape index (κ3) is 3.54. The quantitative estimate of drug-likeness (QED) is 0.881. The van der Waals surface area contributed by atoms with Gasteiger partial charge in [0, 0.05) is 5.69 Å². The fourth-order valence-corrected chi connectivity index (χ4v) is 4.24. The van der Waals surface area contributed by atoms with Crippen LogP contribution in [0.5, 0.6) is 0 Å². The van der Waals surface area contributed by atoms with Crippen molar-refractivity contribution in [3.8, 4) is 0 Å². The maximum Gasteiger partial charge on any atom is 0.337 e. The van der Waals surface area contributed by atoms with Crippen molar-refractivity contribution in [1.82, 2.24) is 0 Å². The van der Waals surface area contributed by atoms with E-state index >= 15 is 0 Å². The van der Waals surface area contributed by atoms with Gasteiger partial charge in [0.1, 0.15) is 5.25 Å². The minimum absolute atomic E-state index is 0.00603. The summed E-state index contributed by atoms with van der Waals surface area (Å²) >= 11 is 5.73. The molecule has 2 N–H and O–H groups in total. The molecule has 0 radical (unpaired) electrons. The van der Waals surface area contributed by atoms with Gasteiger partial charge >= 0.3 is 5.97 Å². The zero-order valence-corrected chi connectivity index (χ0v) is 12.6. The molecule has 1 aromatic rings. The summed E-state index contributed by atoms with van der Waals surface area (Å²) in [6.45, 7) is 0. The molecular weight excluding hydrogens is 318 g/mol. The standard InChI is InChI=1S/C13H14ClNO5S/c14-10-5-4-8(7-9(10)13(17)18)15-12(16)11-3-1-2-6-21(11,19)20/h4-5,7,11H,1-3,6H2,(H,15,16)(H,17,18). The highest BCUT2D eigenvalue weighted by atomic mass is 35.5. The molecular formula is C13H14ClNO5S. The Morgan fingerprint density at radius 3 is 2.62 bits per heavy atom. The Labute approximate surface area is 127 Å². The number of hydrogen-bond acceptors (Lipinski definition) is 4. The maximum absolute atomic E-state index is 12.1. The van der Waals surface area contributed by atoms with Crippen LogP contribution in [-0.2, 0) is 14.6 Å². The zero-order chi connectivity index (χ0) is 15.6. The highest BCUT2D eigenvalue weighted by molar-refractivity contribution is 7.92. The van der Waals surface area contributed by atoms with Gasteiger partial charge in [-0.3, -0.25) is 4.79 Å². The number of rotatable bonds is 3. The normalized spacial score (nSPS) is 20.7. The van der Waals surface area contributed by atoms with Crippen molar-refractivity contribution < 1.29 is 23.1 Å². The number of hydrogen-bond donors (Lipinski definition) is 2. The molecule has 1 heterocycles. The van der Waals surface area contributed by atoms with Crippen molar-refractivity contribution in [3.63, 3.8) is 0 Å². The molecule has 0 aliphatic carbocycles. The van der Waals surface area contributed by atoms with Gasteiger partial charge in [0.15, 0.2) is 9.84 Å². The summed E-state index contributed by atoms with van der Waals surface area (Å²) in [7, 11) is -3.43. The number of carboxylic acid groups (broad SMARTS) is 1. The van der Waals surface area contributed by atoms with Crippen LogP contribution < -0.4 is 5.32 Å². The van der Waals surface area contributed by atoms with Crippen LogP contribution in [0.25, 0.3) is 0 Å². The van der Waals surface area contributed by atoms with Crippen LogP contribution in [0.3, 0.4) is 0 Å². The third-order valence-electron chi connectivity index (χ3n) is 3.34. The average molecular weight is 332 g/mol. The van der Waals surface area contributed by atoms with Gasteiger partial charge < -0.3 is 10.4 Å². The Kier molecular flexibility index (Phi) is 4.53. The molecule has 6 nitrogen and oxygen atoms in total. The zero-order valence-electron chi connectivity index (χ0n) is 11.0. The van der Waals surface area contributed by atoms with Crippen molar-refractivity contribution in [2.45, 2.75) is 24.5 Å². The molecule has 1 aromatic carbocycles. The van der Waals surface area contributed by atoms with Crippen LogP contribution in [0.4, 0.5) is 5.69 Å². The van der Waals surface area contributed by atoms with Gasteiger partial charge in [-0.05, 0) is 31.0 Å². The predicted molar refractivity (Wildman–Crippen MR) is 78.5 cm³/mol. The first-order valence-electron chi connectivity index (χ1n) is 6.36. The van der Waals surface area contributed by atoms with E-state index in [0.717, 1.165) is 0 Å². The first-order valence-corrected chi connectivity index (χ1v) is 8.46. The lowest BCUT2D eigenvalue weighted by molar-refractivity contribution is -0.116. The number of amides is 1. The van der Waals surface area contributed by atoms with Crippen LogP contribution in [0.2, 0.25) is 5.02 Å². The van der Waals surface area contributed by atoms with Gasteiger partial charge in [0.05, 0.1) is 16.3 Å². The molecule has 1 fully saturated rings. The second-order valence-corrected chi connectivity index (χ2v) is 7.55. The Morgan fingerprint density at radius 2 is 2.00 bits per heavy atom. The average Bonchev–Trinajstić information content (AvgIpc) is 2.40. The lowest BCUT2D eigenvalue weighted by Gasteiger charge is -2.21. The molecule has 114 valence electrons. The summed E-state index contributed by atoms with van der Waals surface area (Å²) in [6.07, 6.45) is 1.53. The van der Waals surface area contributed by atoms with E-state index in [0.29, 0.717) is 12.8 Å². The van der Waals surface area contributed by atoms with Gasteiger partial charge in [-0.2, -0.15) is 0 Å². The second-order valence-electron chi connectivity index (χ2n) is 4.84. The minimum Gasteiger partial charge on any atom is -0.478 e. The number of benzene rings is 1. The summed E-state index contributed by atoms with van der Waals surface area (Å²) in [4.78, 5) is 23.1. The summed E-state index contributed by atoms with van der Waals surface area (Å²) < 4.78 is 23.7. The topological polar surface area (TPSA) is 101 Å². The van der Waals surface area contributed by atoms with Crippen molar-refractivity contribution in [2.75, 3.05) is 11.1 Å². The summed E-state index contributed by atoms with van der Waals surface area (Å²) in [5, 5.41) is 10.4. The molecule has 1 unspecified atom stereocenters. The highest BCUT2D eigenvalue weighted by Crippen LogP contribution is 2.23. The summed E-state index contributed by atoms with van der Waals surface area (Å²) in [5.74, 6) is -1.85. The van der Waals surface area contributed by atoms with E-state index < -0.39 is 27.0 Å². The fourth-order valence-electron chi connectivity index (χ4n) is 2.24. The first kappa shape index (κ1) is 15.8. The number of anilines is 1. The van der Waals surface area contributed by atoms with Crippen molar-refractivity contribution in [1.29, 1.82) is 0 Å². The molecule has 21 heavy (non-hydrogen) atoms. The molecule has 0 spiro atoms. The number of carbonyl (C=O) groups is 2. The Hall–Kier alpha value is -1.60. The Morgan fingerprint density at radius 1 is 1.29 bits per heavy atom. The van der Waals surface area contributed by atoms with E-state index in [2.05, 4.69) is 5.32 Å². The summed E-state index contributed by atoms with van der Waals surface area (Å²) in [5.41, 5.74) is 0.0588. The highest BCUT2D eigenvalue weighted by Gasteiger charge is 2.34. The van der Waals surface area contributed by atoms with Gasteiger partial charge in [0.2, 0.25) is 5.91 Å². The first-order chi connectivity index (χ1) is 9.81. The molecule has 0 aromatic heterocycles. The van der Waals surface area contributed by atoms with Gasteiger partial charge in [-0.1, -0.05) is 18.0 Å². The van der Waals surface area contributed by atoms with Crippen LogP contribution in [0.1, 0.15) is 29.6 Å². The number of carboxylic acids is 1. The molecule has 1 saturated heterocycles. The molecule has 1 amide bonds. The van der Waals surface area contributed by atoms with E-state index in [1.54, 1.807) is 0 Å². The number of halogens is 1. The van der Waals surface area contributed by atoms with Gasteiger partial charge in [-0.25, -0.2) is 13.2 Å². The molecule has 1 aliphatic rings. The van der Waals surface area contributed by atoms with E-state index in [4.69, 9.17) is 16.7 Å². The molecule has 0 saturated carbocycles. The lowest BCUT2D eigenvalue weighted by atomic mass is 10.1. The number of nitrogens with one attached hydrogen (secondary N) is 1. The van der Waals surface area contributed by atoms with E-state index in [1.807, 2.05) is 0 Å². The van der Waals surface area contributed by atoms with Crippen LogP contribution in [-0.4, -0.2) is 36.4 Å². The molecule has 2 rings (SSSR count). The SMILES string of the molecule is O=C(O)c1cc(NC(=O)C2CCCCS2(=O)=O)ccc1Cl. The minimum atomic E-state index is -3.43. The van der Waals surface area contributed by atoms with Crippen molar-refractivity contribution >= 4 is 39.0 Å². The van der Waals surface area contributed by atoms with Crippen molar-refractivity contribution in [2.24, 2.45) is 0 Å². The Bertz CT molecular complexity index is 686. The van der Waals surface area contributed by atoms with Gasteiger partial charge in [0.25, 0.3) is 0 Å². The third-order valence-corrected chi connectivity index (χ3v) is 5.84. The summed E-state index contributed by atoms with van der Waals surface area (Å²) in [6, 6.07) is 3.98. The maximum atomic E-state index is 12.1. The predicted octanol–water partition coefficient (Wildman–Crippen LogP) is 1.94. The number of sulfone groups is 1. The number of carbonyl (C=O) groups excluding carboxylic acids is 1. The monoisotopic (exact) mass is 331 g/mol. The largest absolute Gasteiger partial charge is 0.478 e. The number of aromatic carboxylic acids is 1. The fraction of sp³-hybridized carbons (Fsp3) is 0.385. The van der Waals surface area contributed by atoms with Crippen LogP contribution >= 0.6 is 11.6 Å². The van der Waals surface area contributed by atoms with Gasteiger partial charge in [-0.15, -0.1) is 0 Å². The van der Waals surface area contributed by atoms with E-state index in [1.165, 1.54) is 18.2 Å². The van der Waals surface area contributed by atoms with Crippen LogP contribution in [0, 0.1) is 0 Å². The van der Waals surface area contributed by atoms with Crippen molar-refractivity contribution in [3.05, 3.63) is 28.8 Å². The van der Waals surface area contributed by atoms with Crippen LogP contribution in [0.15, 0.2) is 18.2 Å².